The first-order valence-electron chi connectivity index (χ1n) is 5.85. The van der Waals surface area contributed by atoms with Crippen LogP contribution in [0.5, 0.6) is 0 Å². The summed E-state index contributed by atoms with van der Waals surface area (Å²) in [6.45, 7) is 0. The third kappa shape index (κ3) is 4.11. The van der Waals surface area contributed by atoms with Crippen molar-refractivity contribution in [2.75, 3.05) is 0 Å². The minimum absolute atomic E-state index is 0. The van der Waals surface area contributed by atoms with Crippen LogP contribution in [0.1, 0.15) is 5.69 Å². The fourth-order valence-corrected chi connectivity index (χ4v) is 2.85. The molecule has 0 radical (unpaired) electrons. The summed E-state index contributed by atoms with van der Waals surface area (Å²) in [6, 6.07) is 3.76. The van der Waals surface area contributed by atoms with Crippen molar-refractivity contribution in [1.82, 2.24) is 14.4 Å². The number of hydrogen-bond donors (Lipinski definition) is 2. The molecule has 0 atom stereocenters. The lowest BCUT2D eigenvalue weighted by molar-refractivity contribution is 1.18. The molecule has 0 aliphatic heterocycles. The Balaban J connectivity index is 0.00000132. The van der Waals surface area contributed by atoms with Crippen molar-refractivity contribution in [1.29, 1.82) is 0 Å². The lowest BCUT2D eigenvalue weighted by Gasteiger charge is -1.98. The van der Waals surface area contributed by atoms with Crippen LogP contribution in [0.25, 0.3) is 16.2 Å². The van der Waals surface area contributed by atoms with Crippen molar-refractivity contribution >= 4 is 64.9 Å². The van der Waals surface area contributed by atoms with Gasteiger partial charge in [-0.3, -0.25) is 9.38 Å². The third-order valence-corrected chi connectivity index (χ3v) is 3.72. The Bertz CT molecular complexity index is 837. The van der Waals surface area contributed by atoms with Gasteiger partial charge in [0.25, 0.3) is 0 Å². The molecule has 0 saturated heterocycles. The van der Waals surface area contributed by atoms with Crippen LogP contribution in [-0.2, 0) is 0 Å². The van der Waals surface area contributed by atoms with Crippen molar-refractivity contribution in [3.8, 4) is 11.3 Å². The molecule has 23 heavy (non-hydrogen) atoms. The van der Waals surface area contributed by atoms with Gasteiger partial charge in [-0.2, -0.15) is 5.10 Å². The topological polar surface area (TPSA) is 107 Å². The minimum Gasteiger partial charge on any atom is -0.369 e. The number of rotatable bonds is 3. The van der Waals surface area contributed by atoms with Crippen molar-refractivity contribution in [3.05, 3.63) is 40.8 Å². The number of hydrogen-bond acceptors (Lipinski definition) is 5. The average molecular weight is 393 g/mol. The Morgan fingerprint density at radius 1 is 1.35 bits per heavy atom. The van der Waals surface area contributed by atoms with E-state index in [4.69, 9.17) is 23.1 Å². The molecular weight excluding hydrogens is 381 g/mol. The summed E-state index contributed by atoms with van der Waals surface area (Å²) in [5, 5.41) is 7.46. The van der Waals surface area contributed by atoms with E-state index in [2.05, 4.69) is 20.2 Å². The summed E-state index contributed by atoms with van der Waals surface area (Å²) < 4.78 is 2.47. The summed E-state index contributed by atoms with van der Waals surface area (Å²) in [7, 11) is 0. The Morgan fingerprint density at radius 3 is 2.78 bits per heavy atom. The SMILES string of the molecule is Cl.Cl.NC(N)=N/N=C/c1c(-c2cccnc2)nc2sc(Cl)cn12. The Hall–Kier alpha value is -1.87. The highest BCUT2D eigenvalue weighted by molar-refractivity contribution is 7.20. The molecule has 3 aromatic heterocycles. The average Bonchev–Trinajstić information content (AvgIpc) is 2.97. The molecule has 0 amide bonds. The molecule has 3 rings (SSSR count). The van der Waals surface area contributed by atoms with Crippen LogP contribution in [0.2, 0.25) is 4.34 Å². The molecule has 0 aromatic carbocycles. The van der Waals surface area contributed by atoms with Crippen molar-refractivity contribution < 1.29 is 0 Å². The van der Waals surface area contributed by atoms with Crippen LogP contribution < -0.4 is 11.5 Å². The predicted molar refractivity (Wildman–Crippen MR) is 99.2 cm³/mol. The summed E-state index contributed by atoms with van der Waals surface area (Å²) >= 11 is 7.38. The van der Waals surface area contributed by atoms with E-state index < -0.39 is 0 Å². The van der Waals surface area contributed by atoms with Crippen molar-refractivity contribution in [3.63, 3.8) is 0 Å². The van der Waals surface area contributed by atoms with Crippen LogP contribution >= 0.6 is 47.8 Å². The number of aromatic nitrogens is 3. The van der Waals surface area contributed by atoms with Crippen LogP contribution in [0.4, 0.5) is 0 Å². The maximum Gasteiger partial charge on any atom is 0.211 e. The Kier molecular flexibility index (Phi) is 6.77. The molecule has 0 spiro atoms. The second kappa shape index (κ2) is 8.11. The number of pyridine rings is 1. The molecule has 0 saturated carbocycles. The first-order valence-corrected chi connectivity index (χ1v) is 7.04. The lowest BCUT2D eigenvalue weighted by atomic mass is 10.2. The van der Waals surface area contributed by atoms with Gasteiger partial charge in [-0.25, -0.2) is 4.98 Å². The van der Waals surface area contributed by atoms with E-state index in [1.807, 2.05) is 16.5 Å². The number of guanidine groups is 1. The van der Waals surface area contributed by atoms with Crippen LogP contribution in [0, 0.1) is 0 Å². The highest BCUT2D eigenvalue weighted by Gasteiger charge is 2.15. The molecule has 0 aliphatic carbocycles. The number of nitrogens with zero attached hydrogens (tertiary/aromatic N) is 5. The fourth-order valence-electron chi connectivity index (χ4n) is 1.82. The first-order chi connectivity index (χ1) is 10.1. The third-order valence-electron chi connectivity index (χ3n) is 2.62. The van der Waals surface area contributed by atoms with Gasteiger partial charge in [-0.05, 0) is 12.1 Å². The van der Waals surface area contributed by atoms with E-state index in [0.717, 1.165) is 21.9 Å². The van der Waals surface area contributed by atoms with Gasteiger partial charge >= 0.3 is 0 Å². The second-order valence-corrected chi connectivity index (χ2v) is 5.69. The smallest absolute Gasteiger partial charge is 0.211 e. The van der Waals surface area contributed by atoms with E-state index in [0.29, 0.717) is 4.34 Å². The summed E-state index contributed by atoms with van der Waals surface area (Å²) in [4.78, 5) is 9.41. The van der Waals surface area contributed by atoms with E-state index >= 15 is 0 Å². The summed E-state index contributed by atoms with van der Waals surface area (Å²) in [5.41, 5.74) is 12.9. The molecule has 0 fully saturated rings. The van der Waals surface area contributed by atoms with Crippen molar-refractivity contribution in [2.45, 2.75) is 0 Å². The number of halogens is 3. The van der Waals surface area contributed by atoms with Gasteiger partial charge in [0.05, 0.1) is 11.9 Å². The Labute approximate surface area is 152 Å². The number of fused-ring (bicyclic) bond motifs is 1. The standard InChI is InChI=1S/C12H10ClN7S.2ClH/c13-9-6-20-8(5-17-19-11(14)15)10(18-12(20)21-9)7-2-1-3-16-4-7;;/h1-6H,(H4,14,15,19);2*1H/b17-5+;;. The molecule has 0 bridgehead atoms. The molecule has 3 aromatic rings. The van der Waals surface area contributed by atoms with Gasteiger partial charge in [0.15, 0.2) is 4.96 Å². The molecule has 0 unspecified atom stereocenters. The van der Waals surface area contributed by atoms with Gasteiger partial charge < -0.3 is 11.5 Å². The van der Waals surface area contributed by atoms with Gasteiger partial charge in [-0.1, -0.05) is 22.9 Å². The van der Waals surface area contributed by atoms with E-state index in [1.54, 1.807) is 18.6 Å². The first kappa shape index (κ1) is 19.2. The van der Waals surface area contributed by atoms with E-state index in [1.165, 1.54) is 17.6 Å². The molecule has 4 N–H and O–H groups in total. The maximum atomic E-state index is 6.01. The van der Waals surface area contributed by atoms with Gasteiger partial charge in [0.1, 0.15) is 10.0 Å². The van der Waals surface area contributed by atoms with Gasteiger partial charge in [-0.15, -0.1) is 29.9 Å². The molecular formula is C12H12Cl3N7S. The zero-order chi connectivity index (χ0) is 14.8. The quantitative estimate of drug-likeness (QED) is 0.406. The zero-order valence-electron chi connectivity index (χ0n) is 11.5. The number of imidazole rings is 1. The molecule has 122 valence electrons. The predicted octanol–water partition coefficient (Wildman–Crippen LogP) is 2.56. The molecule has 0 aliphatic rings. The molecule has 11 heteroatoms. The van der Waals surface area contributed by atoms with Crippen LogP contribution in [0.15, 0.2) is 40.9 Å². The summed E-state index contributed by atoms with van der Waals surface area (Å²) in [6.07, 6.45) is 6.73. The molecule has 3 heterocycles. The van der Waals surface area contributed by atoms with E-state index in [9.17, 15) is 0 Å². The monoisotopic (exact) mass is 391 g/mol. The van der Waals surface area contributed by atoms with Crippen molar-refractivity contribution in [2.24, 2.45) is 21.7 Å². The second-order valence-electron chi connectivity index (χ2n) is 4.04. The minimum atomic E-state index is -0.113. The highest BCUT2D eigenvalue weighted by atomic mass is 35.5. The number of thiazole rings is 1. The van der Waals surface area contributed by atoms with Gasteiger partial charge in [0.2, 0.25) is 5.96 Å². The van der Waals surface area contributed by atoms with E-state index in [-0.39, 0.29) is 30.8 Å². The lowest BCUT2D eigenvalue weighted by Crippen LogP contribution is -2.21. The van der Waals surface area contributed by atoms with Crippen LogP contribution in [-0.4, -0.2) is 26.5 Å². The normalized spacial score (nSPS) is 10.3. The largest absolute Gasteiger partial charge is 0.369 e. The zero-order valence-corrected chi connectivity index (χ0v) is 14.7. The van der Waals surface area contributed by atoms with Gasteiger partial charge in [0, 0.05) is 24.2 Å². The maximum absolute atomic E-state index is 6.01. The highest BCUT2D eigenvalue weighted by Crippen LogP contribution is 2.29. The molecule has 7 nitrogen and oxygen atoms in total. The Morgan fingerprint density at radius 2 is 2.13 bits per heavy atom. The fraction of sp³-hybridized carbons (Fsp3) is 0. The van der Waals surface area contributed by atoms with Crippen LogP contribution in [0.3, 0.4) is 0 Å². The summed E-state index contributed by atoms with van der Waals surface area (Å²) in [5.74, 6) is -0.113. The number of nitrogens with two attached hydrogens (primary N) is 2.